The van der Waals surface area contributed by atoms with Gasteiger partial charge in [-0.2, -0.15) is 0 Å². The van der Waals surface area contributed by atoms with Crippen molar-refractivity contribution in [2.75, 3.05) is 6.61 Å². The van der Waals surface area contributed by atoms with E-state index in [-0.39, 0.29) is 0 Å². The van der Waals surface area contributed by atoms with Gasteiger partial charge in [-0.25, -0.2) is 4.98 Å². The van der Waals surface area contributed by atoms with E-state index in [2.05, 4.69) is 4.98 Å². The first-order valence-electron chi connectivity index (χ1n) is 6.03. The molecule has 16 heavy (non-hydrogen) atoms. The fourth-order valence-corrected chi connectivity index (χ4v) is 2.39. The van der Waals surface area contributed by atoms with E-state index >= 15 is 0 Å². The van der Waals surface area contributed by atoms with Crippen LogP contribution in [-0.2, 0) is 11.3 Å². The highest BCUT2D eigenvalue weighted by Crippen LogP contribution is 2.24. The predicted octanol–water partition coefficient (Wildman–Crippen LogP) is 3.83. The van der Waals surface area contributed by atoms with Gasteiger partial charge in [-0.3, -0.25) is 0 Å². The van der Waals surface area contributed by atoms with Gasteiger partial charge < -0.3 is 4.74 Å². The van der Waals surface area contributed by atoms with Gasteiger partial charge in [0.1, 0.15) is 5.15 Å². The molecule has 3 heteroatoms. The van der Waals surface area contributed by atoms with Crippen LogP contribution in [0.25, 0.3) is 0 Å². The van der Waals surface area contributed by atoms with Crippen molar-refractivity contribution in [1.82, 2.24) is 4.98 Å². The Balaban J connectivity index is 1.73. The molecule has 1 aromatic heterocycles. The topological polar surface area (TPSA) is 22.1 Å². The Morgan fingerprint density at radius 1 is 1.31 bits per heavy atom. The van der Waals surface area contributed by atoms with Crippen LogP contribution in [0.2, 0.25) is 5.15 Å². The number of ether oxygens (including phenoxy) is 1. The second kappa shape index (κ2) is 6.21. The molecule has 0 bridgehead atoms. The van der Waals surface area contributed by atoms with Crippen LogP contribution in [0, 0.1) is 5.92 Å². The Hall–Kier alpha value is -0.600. The molecule has 0 aliphatic heterocycles. The van der Waals surface area contributed by atoms with Crippen LogP contribution in [0.15, 0.2) is 18.3 Å². The minimum absolute atomic E-state index is 0.561. The lowest BCUT2D eigenvalue weighted by Gasteiger charge is -2.21. The van der Waals surface area contributed by atoms with Gasteiger partial charge in [0, 0.05) is 18.4 Å². The molecule has 1 heterocycles. The summed E-state index contributed by atoms with van der Waals surface area (Å²) < 4.78 is 5.72. The molecular weight excluding hydrogens is 222 g/mol. The molecule has 0 unspecified atom stereocenters. The van der Waals surface area contributed by atoms with Crippen LogP contribution in [0.5, 0.6) is 0 Å². The zero-order valence-corrected chi connectivity index (χ0v) is 10.2. The molecule has 1 aromatic rings. The van der Waals surface area contributed by atoms with Crippen molar-refractivity contribution in [2.45, 2.75) is 38.7 Å². The highest BCUT2D eigenvalue weighted by molar-refractivity contribution is 6.30. The first-order valence-corrected chi connectivity index (χ1v) is 6.41. The maximum absolute atomic E-state index is 5.95. The van der Waals surface area contributed by atoms with Gasteiger partial charge in [-0.1, -0.05) is 36.9 Å². The Labute approximate surface area is 102 Å². The number of hydrogen-bond acceptors (Lipinski definition) is 2. The van der Waals surface area contributed by atoms with E-state index in [1.807, 2.05) is 12.1 Å². The highest BCUT2D eigenvalue weighted by Gasteiger charge is 2.13. The summed E-state index contributed by atoms with van der Waals surface area (Å²) in [5.74, 6) is 0.754. The van der Waals surface area contributed by atoms with Crippen LogP contribution < -0.4 is 0 Å². The third-order valence-corrected chi connectivity index (χ3v) is 3.51. The van der Waals surface area contributed by atoms with Gasteiger partial charge in [0.15, 0.2) is 0 Å². The van der Waals surface area contributed by atoms with Crippen LogP contribution in [0.1, 0.15) is 37.7 Å². The minimum atomic E-state index is 0.561. The molecule has 2 nitrogen and oxygen atoms in total. The van der Waals surface area contributed by atoms with Crippen molar-refractivity contribution in [2.24, 2.45) is 5.92 Å². The first kappa shape index (κ1) is 11.9. The van der Waals surface area contributed by atoms with E-state index in [4.69, 9.17) is 16.3 Å². The summed E-state index contributed by atoms with van der Waals surface area (Å²) >= 11 is 5.95. The number of halogens is 1. The summed E-state index contributed by atoms with van der Waals surface area (Å²) in [6.07, 6.45) is 8.46. The molecule has 0 amide bonds. The van der Waals surface area contributed by atoms with Crippen molar-refractivity contribution >= 4 is 11.6 Å². The number of rotatable bonds is 4. The SMILES string of the molecule is Clc1ncccc1COCC1CCCCC1. The fourth-order valence-electron chi connectivity index (χ4n) is 2.22. The molecule has 0 N–H and O–H groups in total. The summed E-state index contributed by atoms with van der Waals surface area (Å²) in [6, 6.07) is 3.86. The van der Waals surface area contributed by atoms with Crippen LogP contribution >= 0.6 is 11.6 Å². The molecule has 1 aliphatic carbocycles. The van der Waals surface area contributed by atoms with Gasteiger partial charge in [0.25, 0.3) is 0 Å². The molecule has 0 radical (unpaired) electrons. The lowest BCUT2D eigenvalue weighted by molar-refractivity contribution is 0.0738. The average molecular weight is 240 g/mol. The largest absolute Gasteiger partial charge is 0.376 e. The van der Waals surface area contributed by atoms with Crippen LogP contribution in [0.3, 0.4) is 0 Å². The predicted molar refractivity (Wildman–Crippen MR) is 65.5 cm³/mol. The molecule has 0 spiro atoms. The minimum Gasteiger partial charge on any atom is -0.376 e. The van der Waals surface area contributed by atoms with Crippen LogP contribution in [-0.4, -0.2) is 11.6 Å². The molecule has 1 fully saturated rings. The van der Waals surface area contributed by atoms with Gasteiger partial charge >= 0.3 is 0 Å². The highest BCUT2D eigenvalue weighted by atomic mass is 35.5. The summed E-state index contributed by atoms with van der Waals surface area (Å²) in [5, 5.41) is 0.561. The molecule has 0 saturated heterocycles. The van der Waals surface area contributed by atoms with Crippen molar-refractivity contribution in [3.8, 4) is 0 Å². The molecule has 0 atom stereocenters. The third-order valence-electron chi connectivity index (χ3n) is 3.17. The molecule has 1 aliphatic rings. The molecule has 2 rings (SSSR count). The van der Waals surface area contributed by atoms with Crippen LogP contribution in [0.4, 0.5) is 0 Å². The Morgan fingerprint density at radius 3 is 2.88 bits per heavy atom. The Bertz CT molecular complexity index is 323. The zero-order chi connectivity index (χ0) is 11.2. The number of nitrogens with zero attached hydrogens (tertiary/aromatic N) is 1. The van der Waals surface area contributed by atoms with Crippen molar-refractivity contribution in [3.63, 3.8) is 0 Å². The summed E-state index contributed by atoms with van der Waals surface area (Å²) in [6.45, 7) is 1.45. The number of aromatic nitrogens is 1. The molecule has 1 saturated carbocycles. The molecule has 0 aromatic carbocycles. The summed E-state index contributed by atoms with van der Waals surface area (Å²) in [7, 11) is 0. The summed E-state index contributed by atoms with van der Waals surface area (Å²) in [4.78, 5) is 4.03. The lowest BCUT2D eigenvalue weighted by Crippen LogP contribution is -2.13. The first-order chi connectivity index (χ1) is 7.86. The van der Waals surface area contributed by atoms with E-state index in [0.29, 0.717) is 11.8 Å². The monoisotopic (exact) mass is 239 g/mol. The third kappa shape index (κ3) is 3.46. The molecule has 88 valence electrons. The normalized spacial score (nSPS) is 17.6. The summed E-state index contributed by atoms with van der Waals surface area (Å²) in [5.41, 5.74) is 0.986. The Morgan fingerprint density at radius 2 is 2.12 bits per heavy atom. The second-order valence-electron chi connectivity index (χ2n) is 4.47. The molecular formula is C13H18ClNO. The van der Waals surface area contributed by atoms with Gasteiger partial charge in [0.05, 0.1) is 6.61 Å². The van der Waals surface area contributed by atoms with Crippen molar-refractivity contribution in [1.29, 1.82) is 0 Å². The van der Waals surface area contributed by atoms with E-state index in [1.165, 1.54) is 32.1 Å². The van der Waals surface area contributed by atoms with Gasteiger partial charge in [-0.05, 0) is 24.8 Å². The van der Waals surface area contributed by atoms with E-state index in [1.54, 1.807) is 6.20 Å². The van der Waals surface area contributed by atoms with Crippen molar-refractivity contribution in [3.05, 3.63) is 29.0 Å². The smallest absolute Gasteiger partial charge is 0.134 e. The standard InChI is InChI=1S/C13H18ClNO/c14-13-12(7-4-8-15-13)10-16-9-11-5-2-1-3-6-11/h4,7-8,11H,1-3,5-6,9-10H2. The maximum atomic E-state index is 5.95. The quantitative estimate of drug-likeness (QED) is 0.745. The van der Waals surface area contributed by atoms with E-state index in [0.717, 1.165) is 18.1 Å². The second-order valence-corrected chi connectivity index (χ2v) is 4.83. The number of pyridine rings is 1. The maximum Gasteiger partial charge on any atom is 0.134 e. The number of hydrogen-bond donors (Lipinski definition) is 0. The zero-order valence-electron chi connectivity index (χ0n) is 9.49. The Kier molecular flexibility index (Phi) is 4.61. The van der Waals surface area contributed by atoms with Gasteiger partial charge in [-0.15, -0.1) is 0 Å². The van der Waals surface area contributed by atoms with Crippen molar-refractivity contribution < 1.29 is 4.74 Å². The average Bonchev–Trinajstić information content (AvgIpc) is 2.33. The lowest BCUT2D eigenvalue weighted by atomic mass is 9.90. The van der Waals surface area contributed by atoms with Gasteiger partial charge in [0.2, 0.25) is 0 Å². The van der Waals surface area contributed by atoms with E-state index in [9.17, 15) is 0 Å². The van der Waals surface area contributed by atoms with E-state index < -0.39 is 0 Å². The fraction of sp³-hybridized carbons (Fsp3) is 0.615.